The van der Waals surface area contributed by atoms with Crippen molar-refractivity contribution < 1.29 is 9.84 Å². The van der Waals surface area contributed by atoms with Crippen LogP contribution in [0.4, 0.5) is 0 Å². The van der Waals surface area contributed by atoms with Crippen molar-refractivity contribution in [2.24, 2.45) is 5.92 Å². The van der Waals surface area contributed by atoms with Crippen molar-refractivity contribution in [2.45, 2.75) is 43.8 Å². The van der Waals surface area contributed by atoms with Gasteiger partial charge in [-0.25, -0.2) is 0 Å². The molecule has 1 N–H and O–H groups in total. The second-order valence-electron chi connectivity index (χ2n) is 6.54. The molecule has 1 saturated carbocycles. The number of hydrogen-bond donors (Lipinski definition) is 1. The van der Waals surface area contributed by atoms with Crippen molar-refractivity contribution in [3.63, 3.8) is 0 Å². The van der Waals surface area contributed by atoms with Crippen molar-refractivity contribution >= 4 is 10.9 Å². The summed E-state index contributed by atoms with van der Waals surface area (Å²) >= 11 is 0. The SMILES string of the molecule is OC(c1ccc2ncccc2c1)C1CCOC2(CCC2)C1. The van der Waals surface area contributed by atoms with Crippen molar-refractivity contribution in [3.05, 3.63) is 42.1 Å². The van der Waals surface area contributed by atoms with Crippen molar-refractivity contribution in [3.8, 4) is 0 Å². The van der Waals surface area contributed by atoms with E-state index < -0.39 is 6.10 Å². The van der Waals surface area contributed by atoms with E-state index in [-0.39, 0.29) is 5.60 Å². The van der Waals surface area contributed by atoms with E-state index in [9.17, 15) is 5.11 Å². The van der Waals surface area contributed by atoms with E-state index in [0.29, 0.717) is 5.92 Å². The molecule has 0 amide bonds. The highest BCUT2D eigenvalue weighted by atomic mass is 16.5. The second kappa shape index (κ2) is 5.08. The number of fused-ring (bicyclic) bond motifs is 1. The van der Waals surface area contributed by atoms with Crippen LogP contribution in [0.2, 0.25) is 0 Å². The average Bonchev–Trinajstić information content (AvgIpc) is 2.52. The van der Waals surface area contributed by atoms with Crippen LogP contribution in [0.25, 0.3) is 10.9 Å². The first-order valence-corrected chi connectivity index (χ1v) is 7.93. The molecular formula is C18H21NO2. The maximum atomic E-state index is 10.8. The molecule has 0 radical (unpaired) electrons. The number of aromatic nitrogens is 1. The van der Waals surface area contributed by atoms with Crippen LogP contribution in [0.5, 0.6) is 0 Å². The van der Waals surface area contributed by atoms with Crippen molar-refractivity contribution in [2.75, 3.05) is 6.61 Å². The van der Waals surface area contributed by atoms with Crippen LogP contribution < -0.4 is 0 Å². The zero-order valence-corrected chi connectivity index (χ0v) is 12.2. The number of nitrogens with zero attached hydrogens (tertiary/aromatic N) is 1. The fraction of sp³-hybridized carbons (Fsp3) is 0.500. The van der Waals surface area contributed by atoms with Gasteiger partial charge in [0.1, 0.15) is 0 Å². The number of pyridine rings is 1. The molecule has 2 unspecified atom stereocenters. The minimum Gasteiger partial charge on any atom is -0.388 e. The van der Waals surface area contributed by atoms with E-state index in [1.165, 1.54) is 6.42 Å². The van der Waals surface area contributed by atoms with Crippen LogP contribution in [-0.2, 0) is 4.74 Å². The van der Waals surface area contributed by atoms with Gasteiger partial charge in [0.2, 0.25) is 0 Å². The average molecular weight is 283 g/mol. The molecular weight excluding hydrogens is 262 g/mol. The Balaban J connectivity index is 1.58. The van der Waals surface area contributed by atoms with Crippen molar-refractivity contribution in [1.29, 1.82) is 0 Å². The number of hydrogen-bond acceptors (Lipinski definition) is 3. The second-order valence-corrected chi connectivity index (χ2v) is 6.54. The van der Waals surface area contributed by atoms with Gasteiger partial charge in [0.15, 0.2) is 0 Å². The van der Waals surface area contributed by atoms with E-state index in [4.69, 9.17) is 4.74 Å². The molecule has 3 nitrogen and oxygen atoms in total. The van der Waals surface area contributed by atoms with Crippen LogP contribution in [0, 0.1) is 5.92 Å². The third-order valence-corrected chi connectivity index (χ3v) is 5.21. The number of ether oxygens (including phenoxy) is 1. The van der Waals surface area contributed by atoms with Gasteiger partial charge in [-0.3, -0.25) is 4.98 Å². The summed E-state index contributed by atoms with van der Waals surface area (Å²) in [6.45, 7) is 0.789. The molecule has 0 bridgehead atoms. The Morgan fingerprint density at radius 3 is 3.00 bits per heavy atom. The Hall–Kier alpha value is -1.45. The van der Waals surface area contributed by atoms with Crippen LogP contribution in [0.15, 0.2) is 36.5 Å². The largest absolute Gasteiger partial charge is 0.388 e. The van der Waals surface area contributed by atoms with Crippen LogP contribution in [0.1, 0.15) is 43.8 Å². The number of rotatable bonds is 2. The maximum absolute atomic E-state index is 10.8. The first kappa shape index (κ1) is 13.2. The van der Waals surface area contributed by atoms with Crippen LogP contribution in [0.3, 0.4) is 0 Å². The van der Waals surface area contributed by atoms with E-state index in [1.807, 2.05) is 18.2 Å². The zero-order valence-electron chi connectivity index (χ0n) is 12.2. The molecule has 1 aromatic carbocycles. The van der Waals surface area contributed by atoms with Crippen LogP contribution in [-0.4, -0.2) is 22.3 Å². The summed E-state index contributed by atoms with van der Waals surface area (Å²) in [6.07, 6.45) is 6.96. The molecule has 2 aromatic rings. The lowest BCUT2D eigenvalue weighted by molar-refractivity contribution is -0.157. The summed E-state index contributed by atoms with van der Waals surface area (Å²) < 4.78 is 5.97. The summed E-state index contributed by atoms with van der Waals surface area (Å²) in [5.41, 5.74) is 2.08. The Labute approximate surface area is 125 Å². The number of aliphatic hydroxyl groups excluding tert-OH is 1. The van der Waals surface area contributed by atoms with Gasteiger partial charge in [-0.1, -0.05) is 12.1 Å². The minimum absolute atomic E-state index is 0.0856. The maximum Gasteiger partial charge on any atom is 0.0820 e. The highest BCUT2D eigenvalue weighted by molar-refractivity contribution is 5.79. The normalized spacial score (nSPS) is 25.7. The molecule has 2 heterocycles. The molecule has 1 aliphatic heterocycles. The number of benzene rings is 1. The predicted octanol–water partition coefficient (Wildman–Crippen LogP) is 3.62. The third-order valence-electron chi connectivity index (χ3n) is 5.21. The molecule has 2 atom stereocenters. The van der Waals surface area contributed by atoms with E-state index in [1.54, 1.807) is 6.20 Å². The topological polar surface area (TPSA) is 42.4 Å². The first-order valence-electron chi connectivity index (χ1n) is 7.93. The molecule has 2 aliphatic rings. The summed E-state index contributed by atoms with van der Waals surface area (Å²) in [4.78, 5) is 4.34. The van der Waals surface area contributed by atoms with E-state index in [2.05, 4.69) is 17.1 Å². The summed E-state index contributed by atoms with van der Waals surface area (Å²) in [5, 5.41) is 11.9. The highest BCUT2D eigenvalue weighted by Gasteiger charge is 2.44. The fourth-order valence-corrected chi connectivity index (χ4v) is 3.80. The number of aliphatic hydroxyl groups is 1. The Morgan fingerprint density at radius 2 is 2.19 bits per heavy atom. The Morgan fingerprint density at radius 1 is 1.29 bits per heavy atom. The fourth-order valence-electron chi connectivity index (χ4n) is 3.80. The molecule has 4 rings (SSSR count). The Bertz CT molecular complexity index is 650. The molecule has 110 valence electrons. The standard InChI is InChI=1S/C18H21NO2/c20-17(15-6-10-21-18(12-15)7-2-8-18)14-4-5-16-13(11-14)3-1-9-19-16/h1,3-5,9,11,15,17,20H,2,6-8,10,12H2. The molecule has 1 aromatic heterocycles. The monoisotopic (exact) mass is 283 g/mol. The van der Waals surface area contributed by atoms with Gasteiger partial charge in [-0.15, -0.1) is 0 Å². The smallest absolute Gasteiger partial charge is 0.0820 e. The van der Waals surface area contributed by atoms with Gasteiger partial charge in [0, 0.05) is 18.2 Å². The molecule has 1 aliphatic carbocycles. The predicted molar refractivity (Wildman–Crippen MR) is 82.0 cm³/mol. The summed E-state index contributed by atoms with van der Waals surface area (Å²) in [7, 11) is 0. The van der Waals surface area contributed by atoms with Gasteiger partial charge in [-0.2, -0.15) is 0 Å². The van der Waals surface area contributed by atoms with Gasteiger partial charge in [-0.05, 0) is 61.8 Å². The van der Waals surface area contributed by atoms with E-state index >= 15 is 0 Å². The highest BCUT2D eigenvalue weighted by Crippen LogP contribution is 2.47. The molecule has 1 saturated heterocycles. The lowest BCUT2D eigenvalue weighted by Gasteiger charge is -2.48. The Kier molecular flexibility index (Phi) is 3.20. The first-order chi connectivity index (χ1) is 10.3. The summed E-state index contributed by atoms with van der Waals surface area (Å²) in [6, 6.07) is 10.1. The third kappa shape index (κ3) is 2.34. The molecule has 1 spiro atoms. The van der Waals surface area contributed by atoms with Gasteiger partial charge >= 0.3 is 0 Å². The van der Waals surface area contributed by atoms with Gasteiger partial charge < -0.3 is 9.84 Å². The lowest BCUT2D eigenvalue weighted by atomic mass is 9.70. The quantitative estimate of drug-likeness (QED) is 0.915. The summed E-state index contributed by atoms with van der Waals surface area (Å²) in [5.74, 6) is 0.313. The minimum atomic E-state index is -0.393. The molecule has 2 fully saturated rings. The molecule has 3 heteroatoms. The van der Waals surface area contributed by atoms with Crippen molar-refractivity contribution in [1.82, 2.24) is 4.98 Å². The zero-order chi connectivity index (χ0) is 14.3. The van der Waals surface area contributed by atoms with Gasteiger partial charge in [0.05, 0.1) is 17.2 Å². The molecule has 21 heavy (non-hydrogen) atoms. The van der Waals surface area contributed by atoms with E-state index in [0.717, 1.165) is 48.8 Å². The lowest BCUT2D eigenvalue weighted by Crippen LogP contribution is -2.46. The van der Waals surface area contributed by atoms with Gasteiger partial charge in [0.25, 0.3) is 0 Å². The van der Waals surface area contributed by atoms with Crippen LogP contribution >= 0.6 is 0 Å².